The second-order valence-electron chi connectivity index (χ2n) is 5.59. The highest BCUT2D eigenvalue weighted by atomic mass is 16.1. The number of hydrogen-bond acceptors (Lipinski definition) is 4. The van der Waals surface area contributed by atoms with Crippen molar-refractivity contribution >= 4 is 10.9 Å². The predicted octanol–water partition coefficient (Wildman–Crippen LogP) is 2.51. The van der Waals surface area contributed by atoms with E-state index in [1.807, 2.05) is 26.0 Å². The molecular formula is C15H18N4O. The van der Waals surface area contributed by atoms with Crippen LogP contribution < -0.4 is 5.56 Å². The molecule has 1 aromatic carbocycles. The van der Waals surface area contributed by atoms with Gasteiger partial charge in [0.15, 0.2) is 0 Å². The fraction of sp³-hybridized carbons (Fsp3) is 0.467. The SMILES string of the molecule is CC(C)(C#N)CCCCn1nnc2ccccc2c1=O. The number of nitrogens with zero attached hydrogens (tertiary/aromatic N) is 4. The third kappa shape index (κ3) is 3.21. The molecule has 0 fully saturated rings. The average molecular weight is 270 g/mol. The molecule has 1 heterocycles. The number of fused-ring (bicyclic) bond motifs is 1. The van der Waals surface area contributed by atoms with E-state index in [9.17, 15) is 4.79 Å². The summed E-state index contributed by atoms with van der Waals surface area (Å²) in [5, 5.41) is 17.5. The van der Waals surface area contributed by atoms with E-state index in [-0.39, 0.29) is 11.0 Å². The van der Waals surface area contributed by atoms with Crippen molar-refractivity contribution in [3.63, 3.8) is 0 Å². The molecule has 0 atom stereocenters. The summed E-state index contributed by atoms with van der Waals surface area (Å²) in [5.74, 6) is 0. The minimum absolute atomic E-state index is 0.102. The van der Waals surface area contributed by atoms with Crippen LogP contribution in [0, 0.1) is 16.7 Å². The molecular weight excluding hydrogens is 252 g/mol. The van der Waals surface area contributed by atoms with Crippen LogP contribution in [0.2, 0.25) is 0 Å². The van der Waals surface area contributed by atoms with Crippen molar-refractivity contribution in [2.45, 2.75) is 39.7 Å². The molecule has 5 nitrogen and oxygen atoms in total. The van der Waals surface area contributed by atoms with E-state index < -0.39 is 0 Å². The summed E-state index contributed by atoms with van der Waals surface area (Å²) in [6.07, 6.45) is 2.53. The molecule has 0 aliphatic heterocycles. The van der Waals surface area contributed by atoms with Gasteiger partial charge in [-0.1, -0.05) is 23.8 Å². The molecule has 0 bridgehead atoms. The summed E-state index contributed by atoms with van der Waals surface area (Å²) in [6, 6.07) is 9.49. The maximum Gasteiger partial charge on any atom is 0.277 e. The Morgan fingerprint density at radius 1 is 1.30 bits per heavy atom. The summed E-state index contributed by atoms with van der Waals surface area (Å²) in [5.41, 5.74) is 0.217. The Kier molecular flexibility index (Phi) is 4.14. The van der Waals surface area contributed by atoms with Crippen molar-refractivity contribution < 1.29 is 0 Å². The Morgan fingerprint density at radius 3 is 2.80 bits per heavy atom. The predicted molar refractivity (Wildman–Crippen MR) is 77.0 cm³/mol. The van der Waals surface area contributed by atoms with Crippen molar-refractivity contribution in [1.82, 2.24) is 15.0 Å². The Bertz CT molecular complexity index is 697. The molecule has 0 aliphatic rings. The highest BCUT2D eigenvalue weighted by Gasteiger charge is 2.15. The zero-order valence-corrected chi connectivity index (χ0v) is 11.8. The first kappa shape index (κ1) is 14.2. The Morgan fingerprint density at radius 2 is 2.05 bits per heavy atom. The van der Waals surface area contributed by atoms with Gasteiger partial charge in [-0.05, 0) is 38.8 Å². The molecule has 2 aromatic rings. The van der Waals surface area contributed by atoms with Gasteiger partial charge in [0.25, 0.3) is 5.56 Å². The first-order valence-corrected chi connectivity index (χ1v) is 6.77. The van der Waals surface area contributed by atoms with Crippen LogP contribution in [-0.4, -0.2) is 15.0 Å². The Balaban J connectivity index is 2.03. The molecule has 0 radical (unpaired) electrons. The highest BCUT2D eigenvalue weighted by molar-refractivity contribution is 5.76. The third-order valence-corrected chi connectivity index (χ3v) is 3.35. The molecule has 0 saturated heterocycles. The van der Waals surface area contributed by atoms with Crippen LogP contribution in [0.4, 0.5) is 0 Å². The van der Waals surface area contributed by atoms with Crippen molar-refractivity contribution in [1.29, 1.82) is 5.26 Å². The van der Waals surface area contributed by atoms with Crippen LogP contribution in [0.1, 0.15) is 33.1 Å². The van der Waals surface area contributed by atoms with Gasteiger partial charge in [-0.2, -0.15) is 5.26 Å². The normalized spacial score (nSPS) is 11.4. The number of benzene rings is 1. The molecule has 0 unspecified atom stereocenters. The quantitative estimate of drug-likeness (QED) is 0.783. The molecule has 0 N–H and O–H groups in total. The van der Waals surface area contributed by atoms with Crippen molar-refractivity contribution in [3.05, 3.63) is 34.6 Å². The number of hydrogen-bond donors (Lipinski definition) is 0. The molecule has 0 saturated carbocycles. The summed E-state index contributed by atoms with van der Waals surface area (Å²) in [6.45, 7) is 4.39. The van der Waals surface area contributed by atoms with Crippen LogP contribution in [0.3, 0.4) is 0 Å². The van der Waals surface area contributed by atoms with Crippen LogP contribution in [0.25, 0.3) is 10.9 Å². The van der Waals surface area contributed by atoms with Gasteiger partial charge in [-0.25, -0.2) is 4.68 Å². The minimum atomic E-state index is -0.306. The van der Waals surface area contributed by atoms with Gasteiger partial charge in [0.2, 0.25) is 0 Å². The van der Waals surface area contributed by atoms with Gasteiger partial charge in [0, 0.05) is 6.54 Å². The lowest BCUT2D eigenvalue weighted by Crippen LogP contribution is -2.24. The molecule has 0 spiro atoms. The Labute approximate surface area is 117 Å². The summed E-state index contributed by atoms with van der Waals surface area (Å²) in [4.78, 5) is 12.2. The lowest BCUT2D eigenvalue weighted by molar-refractivity contribution is 0.406. The van der Waals surface area contributed by atoms with Crippen molar-refractivity contribution in [2.24, 2.45) is 5.41 Å². The van der Waals surface area contributed by atoms with Gasteiger partial charge in [0.05, 0.1) is 16.9 Å². The zero-order valence-electron chi connectivity index (χ0n) is 11.8. The number of rotatable bonds is 5. The molecule has 1 aromatic heterocycles. The van der Waals surface area contributed by atoms with E-state index in [0.717, 1.165) is 19.3 Å². The first-order valence-electron chi connectivity index (χ1n) is 6.77. The fourth-order valence-corrected chi connectivity index (χ4v) is 2.05. The largest absolute Gasteiger partial charge is 0.277 e. The van der Waals surface area contributed by atoms with Crippen LogP contribution in [0.5, 0.6) is 0 Å². The van der Waals surface area contributed by atoms with E-state index in [1.165, 1.54) is 4.68 Å². The van der Waals surface area contributed by atoms with E-state index in [2.05, 4.69) is 16.4 Å². The molecule has 0 aliphatic carbocycles. The second kappa shape index (κ2) is 5.83. The first-order chi connectivity index (χ1) is 9.53. The lowest BCUT2D eigenvalue weighted by atomic mass is 9.89. The number of unbranched alkanes of at least 4 members (excludes halogenated alkanes) is 1. The van der Waals surface area contributed by atoms with Gasteiger partial charge in [0.1, 0.15) is 5.52 Å². The molecule has 104 valence electrons. The topological polar surface area (TPSA) is 71.6 Å². The Hall–Kier alpha value is -2.22. The minimum Gasteiger partial charge on any atom is -0.267 e. The van der Waals surface area contributed by atoms with Crippen LogP contribution in [-0.2, 0) is 6.54 Å². The zero-order chi connectivity index (χ0) is 14.6. The smallest absolute Gasteiger partial charge is 0.267 e. The van der Waals surface area contributed by atoms with Crippen LogP contribution >= 0.6 is 0 Å². The summed E-state index contributed by atoms with van der Waals surface area (Å²) < 4.78 is 1.40. The van der Waals surface area contributed by atoms with E-state index in [4.69, 9.17) is 5.26 Å². The average Bonchev–Trinajstić information content (AvgIpc) is 2.46. The third-order valence-electron chi connectivity index (χ3n) is 3.35. The fourth-order valence-electron chi connectivity index (χ4n) is 2.05. The summed E-state index contributed by atoms with van der Waals surface area (Å²) >= 11 is 0. The van der Waals surface area contributed by atoms with Gasteiger partial charge in [-0.15, -0.1) is 5.10 Å². The van der Waals surface area contributed by atoms with Gasteiger partial charge < -0.3 is 0 Å². The van der Waals surface area contributed by atoms with Gasteiger partial charge >= 0.3 is 0 Å². The van der Waals surface area contributed by atoms with Crippen molar-refractivity contribution in [2.75, 3.05) is 0 Å². The maximum absolute atomic E-state index is 12.2. The second-order valence-corrected chi connectivity index (χ2v) is 5.59. The summed E-state index contributed by atoms with van der Waals surface area (Å²) in [7, 11) is 0. The van der Waals surface area contributed by atoms with Crippen LogP contribution in [0.15, 0.2) is 29.1 Å². The lowest BCUT2D eigenvalue weighted by Gasteiger charge is -2.14. The van der Waals surface area contributed by atoms with Gasteiger partial charge in [-0.3, -0.25) is 4.79 Å². The van der Waals surface area contributed by atoms with E-state index in [1.54, 1.807) is 12.1 Å². The number of nitriles is 1. The molecule has 5 heteroatoms. The molecule has 20 heavy (non-hydrogen) atoms. The molecule has 2 rings (SSSR count). The van der Waals surface area contributed by atoms with E-state index in [0.29, 0.717) is 17.4 Å². The maximum atomic E-state index is 12.2. The standard InChI is InChI=1S/C15H18N4O/c1-15(2,11-16)9-5-6-10-19-14(20)12-7-3-4-8-13(12)17-18-19/h3-4,7-8H,5-6,9-10H2,1-2H3. The van der Waals surface area contributed by atoms with Crippen molar-refractivity contribution in [3.8, 4) is 6.07 Å². The number of aromatic nitrogens is 3. The monoisotopic (exact) mass is 270 g/mol. The molecule has 0 amide bonds. The number of aryl methyl sites for hydroxylation is 1. The highest BCUT2D eigenvalue weighted by Crippen LogP contribution is 2.21. The van der Waals surface area contributed by atoms with E-state index >= 15 is 0 Å².